The van der Waals surface area contributed by atoms with Crippen LogP contribution < -0.4 is 0 Å². The van der Waals surface area contributed by atoms with Gasteiger partial charge in [-0.3, -0.25) is 0 Å². The van der Waals surface area contributed by atoms with Crippen LogP contribution in [0, 0.1) is 0 Å². The highest BCUT2D eigenvalue weighted by molar-refractivity contribution is 6.77. The van der Waals surface area contributed by atoms with Gasteiger partial charge in [-0.2, -0.15) is 0 Å². The van der Waals surface area contributed by atoms with Crippen molar-refractivity contribution in [3.05, 3.63) is 24.5 Å². The van der Waals surface area contributed by atoms with Crippen molar-refractivity contribution in [2.75, 3.05) is 13.7 Å². The lowest BCUT2D eigenvalue weighted by molar-refractivity contribution is 0.0817. The van der Waals surface area contributed by atoms with E-state index >= 15 is 0 Å². The van der Waals surface area contributed by atoms with Gasteiger partial charge in [-0.1, -0.05) is 48.1 Å². The first kappa shape index (κ1) is 19.8. The Labute approximate surface area is 130 Å². The van der Waals surface area contributed by atoms with E-state index in [2.05, 4.69) is 52.9 Å². The zero-order valence-corrected chi connectivity index (χ0v) is 15.4. The molecule has 0 rings (SSSR count). The zero-order chi connectivity index (χ0) is 16.6. The summed E-state index contributed by atoms with van der Waals surface area (Å²) in [5.74, 6) is 0.631. The summed E-state index contributed by atoms with van der Waals surface area (Å²) in [4.78, 5) is 10.8. The average Bonchev–Trinajstić information content (AvgIpc) is 2.39. The van der Waals surface area contributed by atoms with E-state index in [4.69, 9.17) is 9.16 Å². The van der Waals surface area contributed by atoms with Crippen LogP contribution in [0.4, 0.5) is 4.79 Å². The summed E-state index contributed by atoms with van der Waals surface area (Å²) in [7, 11) is -0.683. The van der Waals surface area contributed by atoms with Gasteiger partial charge < -0.3 is 13.9 Å². The van der Waals surface area contributed by atoms with Gasteiger partial charge in [0.2, 0.25) is 0 Å². The predicted octanol–water partition coefficient (Wildman–Crippen LogP) is 5.03. The highest BCUT2D eigenvalue weighted by atomic mass is 28.4. The third-order valence-corrected chi connectivity index (χ3v) is 9.81. The molecule has 0 aromatic heterocycles. The number of carbonyl (C=O) groups excluding carboxylic acids is 1. The third kappa shape index (κ3) is 5.57. The van der Waals surface area contributed by atoms with Crippen molar-refractivity contribution in [1.82, 2.24) is 0 Å². The molecule has 0 bridgehead atoms. The van der Waals surface area contributed by atoms with Gasteiger partial charge in [-0.15, -0.1) is 0 Å². The van der Waals surface area contributed by atoms with E-state index in [1.54, 1.807) is 12.2 Å². The van der Waals surface area contributed by atoms with Gasteiger partial charge in [0.05, 0.1) is 12.9 Å². The topological polar surface area (TPSA) is 44.8 Å². The summed E-state index contributed by atoms with van der Waals surface area (Å²) in [5.41, 5.74) is 1.48. The standard InChI is InChI=1S/C16H30O4Si/c1-12(2)21(13(3)4,14(5)6)20-15(7)10-9-11-19-16(17)18-8/h9-10,12-14H,7,11H2,1-6,8H3/b10-9+. The molecule has 0 spiro atoms. The first-order valence-electron chi connectivity index (χ1n) is 7.43. The summed E-state index contributed by atoms with van der Waals surface area (Å²) in [6.07, 6.45) is 2.78. The van der Waals surface area contributed by atoms with Crippen LogP contribution in [0.15, 0.2) is 24.5 Å². The molecule has 0 heterocycles. The smallest absolute Gasteiger partial charge is 0.508 e. The van der Waals surface area contributed by atoms with Crippen molar-refractivity contribution in [2.45, 2.75) is 58.2 Å². The molecule has 0 saturated carbocycles. The van der Waals surface area contributed by atoms with Crippen LogP contribution in [0.5, 0.6) is 0 Å². The number of ether oxygens (including phenoxy) is 2. The van der Waals surface area contributed by atoms with Crippen LogP contribution in [0.3, 0.4) is 0 Å². The molecule has 21 heavy (non-hydrogen) atoms. The number of rotatable bonds is 8. The van der Waals surface area contributed by atoms with Gasteiger partial charge >= 0.3 is 6.16 Å². The van der Waals surface area contributed by atoms with E-state index in [-0.39, 0.29) is 6.61 Å². The maximum atomic E-state index is 10.8. The Balaban J connectivity index is 4.76. The molecule has 5 heteroatoms. The number of allylic oxidation sites excluding steroid dienone is 1. The molecular weight excluding hydrogens is 284 g/mol. The van der Waals surface area contributed by atoms with Gasteiger partial charge in [0, 0.05) is 0 Å². The van der Waals surface area contributed by atoms with Gasteiger partial charge in [0.25, 0.3) is 8.32 Å². The summed E-state index contributed by atoms with van der Waals surface area (Å²) in [6.45, 7) is 17.5. The maximum Gasteiger partial charge on any atom is 0.508 e. The second-order valence-electron chi connectivity index (χ2n) is 6.05. The number of hydrogen-bond acceptors (Lipinski definition) is 4. The van der Waals surface area contributed by atoms with E-state index in [0.29, 0.717) is 22.4 Å². The Hall–Kier alpha value is -1.23. The SMILES string of the molecule is C=C(/C=C/COC(=O)OC)O[Si](C(C)C)(C(C)C)C(C)C. The van der Waals surface area contributed by atoms with E-state index in [1.165, 1.54) is 7.11 Å². The van der Waals surface area contributed by atoms with Gasteiger partial charge in [0.1, 0.15) is 6.61 Å². The average molecular weight is 314 g/mol. The number of carbonyl (C=O) groups is 1. The predicted molar refractivity (Wildman–Crippen MR) is 88.8 cm³/mol. The first-order chi connectivity index (χ1) is 9.68. The lowest BCUT2D eigenvalue weighted by Crippen LogP contribution is -2.47. The molecule has 0 aromatic carbocycles. The third-order valence-electron chi connectivity index (χ3n) is 3.78. The molecule has 0 saturated heterocycles. The van der Waals surface area contributed by atoms with E-state index in [9.17, 15) is 4.79 Å². The fourth-order valence-electron chi connectivity index (χ4n) is 2.97. The molecule has 122 valence electrons. The lowest BCUT2D eigenvalue weighted by atomic mass is 10.5. The van der Waals surface area contributed by atoms with Crippen molar-refractivity contribution in [3.63, 3.8) is 0 Å². The second kappa shape index (κ2) is 8.92. The molecule has 0 fully saturated rings. The van der Waals surface area contributed by atoms with Crippen LogP contribution in [0.2, 0.25) is 16.6 Å². The molecule has 0 aliphatic carbocycles. The Morgan fingerprint density at radius 3 is 1.95 bits per heavy atom. The minimum absolute atomic E-state index is 0.147. The van der Waals surface area contributed by atoms with Crippen LogP contribution in [-0.4, -0.2) is 28.2 Å². The normalized spacial score (nSPS) is 12.3. The molecule has 0 amide bonds. The van der Waals surface area contributed by atoms with Gasteiger partial charge in [-0.05, 0) is 28.8 Å². The minimum atomic E-state index is -1.96. The molecule has 0 radical (unpaired) electrons. The molecule has 0 aliphatic heterocycles. The van der Waals surface area contributed by atoms with E-state index in [0.717, 1.165) is 0 Å². The van der Waals surface area contributed by atoms with E-state index < -0.39 is 14.5 Å². The first-order valence-corrected chi connectivity index (χ1v) is 9.57. The summed E-state index contributed by atoms with van der Waals surface area (Å²) >= 11 is 0. The van der Waals surface area contributed by atoms with Crippen LogP contribution in [0.1, 0.15) is 41.5 Å². The monoisotopic (exact) mass is 314 g/mol. The maximum absolute atomic E-state index is 10.8. The lowest BCUT2D eigenvalue weighted by Gasteiger charge is -2.42. The molecule has 0 aliphatic rings. The van der Waals surface area contributed by atoms with Crippen molar-refractivity contribution in [2.24, 2.45) is 0 Å². The van der Waals surface area contributed by atoms with Crippen LogP contribution in [0.25, 0.3) is 0 Å². The van der Waals surface area contributed by atoms with Crippen molar-refractivity contribution in [3.8, 4) is 0 Å². The fourth-order valence-corrected chi connectivity index (χ4v) is 8.20. The quantitative estimate of drug-likeness (QED) is 0.273. The Morgan fingerprint density at radius 1 is 1.10 bits per heavy atom. The summed E-state index contributed by atoms with van der Waals surface area (Å²) < 4.78 is 15.5. The van der Waals surface area contributed by atoms with E-state index in [1.807, 2.05) is 0 Å². The Bertz CT molecular complexity index is 351. The van der Waals surface area contributed by atoms with Gasteiger partial charge in [0.15, 0.2) is 0 Å². The molecule has 0 atom stereocenters. The Kier molecular flexibility index (Phi) is 8.40. The van der Waals surface area contributed by atoms with Crippen molar-refractivity contribution in [1.29, 1.82) is 0 Å². The highest BCUT2D eigenvalue weighted by Crippen LogP contribution is 2.43. The van der Waals surface area contributed by atoms with Crippen molar-refractivity contribution >= 4 is 14.5 Å². The van der Waals surface area contributed by atoms with Crippen LogP contribution >= 0.6 is 0 Å². The van der Waals surface area contributed by atoms with Gasteiger partial charge in [-0.25, -0.2) is 4.79 Å². The molecule has 4 nitrogen and oxygen atoms in total. The number of hydrogen-bond donors (Lipinski definition) is 0. The van der Waals surface area contributed by atoms with Crippen molar-refractivity contribution < 1.29 is 18.7 Å². The highest BCUT2D eigenvalue weighted by Gasteiger charge is 2.46. The minimum Gasteiger partial charge on any atom is -0.543 e. The fraction of sp³-hybridized carbons (Fsp3) is 0.688. The molecular formula is C16H30O4Si. The summed E-state index contributed by atoms with van der Waals surface area (Å²) in [6, 6.07) is 0. The zero-order valence-electron chi connectivity index (χ0n) is 14.4. The summed E-state index contributed by atoms with van der Waals surface area (Å²) in [5, 5.41) is 0. The molecule has 0 unspecified atom stereocenters. The molecule has 0 aromatic rings. The van der Waals surface area contributed by atoms with Crippen LogP contribution in [-0.2, 0) is 13.9 Å². The molecule has 0 N–H and O–H groups in total. The largest absolute Gasteiger partial charge is 0.543 e. The second-order valence-corrected chi connectivity index (χ2v) is 11.4. The Morgan fingerprint density at radius 2 is 1.57 bits per heavy atom. The number of methoxy groups -OCH3 is 1.